The summed E-state index contributed by atoms with van der Waals surface area (Å²) < 4.78 is 30.7. The highest BCUT2D eigenvalue weighted by molar-refractivity contribution is 7.92. The second kappa shape index (κ2) is 8.56. The van der Waals surface area contributed by atoms with Gasteiger partial charge < -0.3 is 10.1 Å². The first-order valence-electron chi connectivity index (χ1n) is 7.63. The van der Waals surface area contributed by atoms with Crippen LogP contribution < -0.4 is 14.4 Å². The van der Waals surface area contributed by atoms with E-state index < -0.39 is 22.0 Å². The summed E-state index contributed by atoms with van der Waals surface area (Å²) in [7, 11) is -2.34. The van der Waals surface area contributed by atoms with Crippen LogP contribution in [0.5, 0.6) is 5.75 Å². The van der Waals surface area contributed by atoms with Crippen LogP contribution in [0.15, 0.2) is 36.4 Å². The second-order valence-electron chi connectivity index (χ2n) is 5.70. The predicted molar refractivity (Wildman–Crippen MR) is 110 cm³/mol. The Balaban J connectivity index is 2.36. The summed E-state index contributed by atoms with van der Waals surface area (Å²) in [5, 5.41) is 3.51. The van der Waals surface area contributed by atoms with E-state index in [1.807, 2.05) is 0 Å². The zero-order valence-electron chi connectivity index (χ0n) is 14.7. The average Bonchev–Trinajstić information content (AvgIpc) is 2.52. The lowest BCUT2D eigenvalue weighted by Gasteiger charge is -2.28. The average molecular weight is 452 g/mol. The van der Waals surface area contributed by atoms with E-state index in [9.17, 15) is 13.2 Å². The number of benzene rings is 2. The molecule has 0 saturated carbocycles. The fourth-order valence-corrected chi connectivity index (χ4v) is 4.42. The number of methoxy groups -OCH3 is 1. The van der Waals surface area contributed by atoms with E-state index in [0.29, 0.717) is 21.5 Å². The van der Waals surface area contributed by atoms with Gasteiger partial charge in [0.1, 0.15) is 11.8 Å². The molecule has 2 aromatic rings. The van der Waals surface area contributed by atoms with Crippen LogP contribution in [-0.4, -0.2) is 33.7 Å². The topological polar surface area (TPSA) is 75.7 Å². The van der Waals surface area contributed by atoms with Gasteiger partial charge in [-0.3, -0.25) is 9.10 Å². The Bertz CT molecular complexity index is 946. The van der Waals surface area contributed by atoms with Crippen LogP contribution >= 0.6 is 34.8 Å². The Morgan fingerprint density at radius 3 is 2.19 bits per heavy atom. The molecular weight excluding hydrogens is 435 g/mol. The van der Waals surface area contributed by atoms with Crippen LogP contribution in [0.2, 0.25) is 15.1 Å². The van der Waals surface area contributed by atoms with Gasteiger partial charge in [-0.05, 0) is 43.3 Å². The lowest BCUT2D eigenvalue weighted by molar-refractivity contribution is -0.116. The molecule has 27 heavy (non-hydrogen) atoms. The number of sulfonamides is 1. The highest BCUT2D eigenvalue weighted by atomic mass is 35.5. The van der Waals surface area contributed by atoms with Gasteiger partial charge in [-0.15, -0.1) is 0 Å². The van der Waals surface area contributed by atoms with Gasteiger partial charge >= 0.3 is 0 Å². The van der Waals surface area contributed by atoms with Gasteiger partial charge in [0.25, 0.3) is 0 Å². The molecular formula is C17H17Cl3N2O4S. The van der Waals surface area contributed by atoms with Gasteiger partial charge in [0.05, 0.1) is 24.1 Å². The van der Waals surface area contributed by atoms with Crippen LogP contribution in [-0.2, 0) is 14.8 Å². The Morgan fingerprint density at radius 1 is 1.11 bits per heavy atom. The van der Waals surface area contributed by atoms with E-state index in [-0.39, 0.29) is 10.7 Å². The number of ether oxygens (including phenoxy) is 1. The molecule has 1 amide bonds. The normalized spacial score (nSPS) is 12.4. The number of halogens is 3. The van der Waals surface area contributed by atoms with Crippen molar-refractivity contribution in [3.8, 4) is 5.75 Å². The Kier molecular flexibility index (Phi) is 6.86. The number of nitrogens with zero attached hydrogens (tertiary/aromatic N) is 1. The van der Waals surface area contributed by atoms with Crippen LogP contribution in [0.1, 0.15) is 6.92 Å². The number of rotatable bonds is 6. The zero-order chi connectivity index (χ0) is 20.4. The molecule has 1 N–H and O–H groups in total. The first-order valence-corrected chi connectivity index (χ1v) is 10.6. The van der Waals surface area contributed by atoms with E-state index in [2.05, 4.69) is 5.32 Å². The molecule has 0 saturated heterocycles. The summed E-state index contributed by atoms with van der Waals surface area (Å²) in [4.78, 5) is 12.6. The van der Waals surface area contributed by atoms with Gasteiger partial charge in [-0.25, -0.2) is 8.42 Å². The van der Waals surface area contributed by atoms with Gasteiger partial charge in [0.2, 0.25) is 15.9 Å². The fourth-order valence-electron chi connectivity index (χ4n) is 2.47. The molecule has 10 heteroatoms. The molecule has 0 fully saturated rings. The van der Waals surface area contributed by atoms with E-state index in [1.165, 1.54) is 50.4 Å². The number of carbonyl (C=O) groups excluding carboxylic acids is 1. The van der Waals surface area contributed by atoms with Gasteiger partial charge in [0, 0.05) is 15.7 Å². The second-order valence-corrected chi connectivity index (χ2v) is 8.84. The number of hydrogen-bond donors (Lipinski definition) is 1. The third-order valence-corrected chi connectivity index (χ3v) is 5.58. The number of anilines is 2. The maximum Gasteiger partial charge on any atom is 0.247 e. The summed E-state index contributed by atoms with van der Waals surface area (Å²) in [6, 6.07) is 7.91. The van der Waals surface area contributed by atoms with Crippen LogP contribution in [0.4, 0.5) is 11.4 Å². The van der Waals surface area contributed by atoms with Crippen LogP contribution in [0.3, 0.4) is 0 Å². The predicted octanol–water partition coefficient (Wildman–Crippen LogP) is 4.45. The largest absolute Gasteiger partial charge is 0.495 e. The smallest absolute Gasteiger partial charge is 0.247 e. The summed E-state index contributed by atoms with van der Waals surface area (Å²) in [6.45, 7) is 1.46. The minimum Gasteiger partial charge on any atom is -0.495 e. The number of nitrogens with one attached hydrogen (secondary N) is 1. The zero-order valence-corrected chi connectivity index (χ0v) is 17.7. The summed E-state index contributed by atoms with van der Waals surface area (Å²) in [5.74, 6) is -0.176. The van der Waals surface area contributed by atoms with Crippen molar-refractivity contribution in [2.45, 2.75) is 13.0 Å². The van der Waals surface area contributed by atoms with Crippen molar-refractivity contribution in [2.24, 2.45) is 0 Å². The number of amides is 1. The molecule has 0 aliphatic carbocycles. The Morgan fingerprint density at radius 2 is 1.70 bits per heavy atom. The Labute approximate surface area is 173 Å². The molecule has 0 heterocycles. The number of hydrogen-bond acceptors (Lipinski definition) is 4. The molecule has 1 atom stereocenters. The molecule has 0 aliphatic rings. The molecule has 0 aliphatic heterocycles. The minimum atomic E-state index is -3.79. The highest BCUT2D eigenvalue weighted by Gasteiger charge is 2.29. The summed E-state index contributed by atoms with van der Waals surface area (Å²) >= 11 is 17.9. The fraction of sp³-hybridized carbons (Fsp3) is 0.235. The van der Waals surface area contributed by atoms with Gasteiger partial charge in [-0.1, -0.05) is 34.8 Å². The Hall–Kier alpha value is -1.67. The van der Waals surface area contributed by atoms with Crippen molar-refractivity contribution in [1.82, 2.24) is 0 Å². The third kappa shape index (κ3) is 5.42. The highest BCUT2D eigenvalue weighted by Crippen LogP contribution is 2.31. The van der Waals surface area contributed by atoms with E-state index in [0.717, 1.165) is 10.6 Å². The third-order valence-electron chi connectivity index (χ3n) is 3.61. The number of carbonyl (C=O) groups is 1. The first kappa shape index (κ1) is 21.6. The van der Waals surface area contributed by atoms with Crippen molar-refractivity contribution in [2.75, 3.05) is 23.0 Å². The molecule has 6 nitrogen and oxygen atoms in total. The van der Waals surface area contributed by atoms with Crippen LogP contribution in [0, 0.1) is 0 Å². The molecule has 0 aromatic heterocycles. The van der Waals surface area contributed by atoms with E-state index >= 15 is 0 Å². The maximum absolute atomic E-state index is 12.6. The van der Waals surface area contributed by atoms with Crippen molar-refractivity contribution >= 4 is 62.1 Å². The van der Waals surface area contributed by atoms with Crippen molar-refractivity contribution in [1.29, 1.82) is 0 Å². The minimum absolute atomic E-state index is 0.220. The molecule has 0 unspecified atom stereocenters. The van der Waals surface area contributed by atoms with Gasteiger partial charge in [-0.2, -0.15) is 0 Å². The van der Waals surface area contributed by atoms with Crippen molar-refractivity contribution in [3.05, 3.63) is 51.5 Å². The molecule has 146 valence electrons. The van der Waals surface area contributed by atoms with Crippen molar-refractivity contribution in [3.63, 3.8) is 0 Å². The molecule has 2 aromatic carbocycles. The summed E-state index contributed by atoms with van der Waals surface area (Å²) in [5.41, 5.74) is 0.584. The van der Waals surface area contributed by atoms with Crippen LogP contribution in [0.25, 0.3) is 0 Å². The molecule has 0 radical (unpaired) electrons. The quantitative estimate of drug-likeness (QED) is 0.704. The standard InChI is InChI=1S/C17H17Cl3N2O4S/c1-10(17(23)21-13-7-11(18)6-12(19)8-13)22(27(3,24)25)14-4-5-16(26-2)15(20)9-14/h4-10H,1-3H3,(H,21,23)/t10-/m1/s1. The monoisotopic (exact) mass is 450 g/mol. The maximum atomic E-state index is 12.6. The lowest BCUT2D eigenvalue weighted by atomic mass is 10.2. The van der Waals surface area contributed by atoms with E-state index in [1.54, 1.807) is 0 Å². The lowest BCUT2D eigenvalue weighted by Crippen LogP contribution is -2.45. The molecule has 0 spiro atoms. The molecule has 2 rings (SSSR count). The first-order chi connectivity index (χ1) is 12.5. The van der Waals surface area contributed by atoms with E-state index in [4.69, 9.17) is 39.5 Å². The SMILES string of the molecule is COc1ccc(N([C@H](C)C(=O)Nc2cc(Cl)cc(Cl)c2)S(C)(=O)=O)cc1Cl. The van der Waals surface area contributed by atoms with Gasteiger partial charge in [0.15, 0.2) is 0 Å². The molecule has 0 bridgehead atoms. The summed E-state index contributed by atoms with van der Waals surface area (Å²) in [6.07, 6.45) is 1.01. The van der Waals surface area contributed by atoms with Crippen molar-refractivity contribution < 1.29 is 17.9 Å².